The molecular weight excluding hydrogens is 400 g/mol. The monoisotopic (exact) mass is 422 g/mol. The number of nitrogens with zero attached hydrogens (tertiary/aromatic N) is 3. The third-order valence-corrected chi connectivity index (χ3v) is 5.38. The van der Waals surface area contributed by atoms with Gasteiger partial charge in [-0.2, -0.15) is 0 Å². The third kappa shape index (κ3) is 5.30. The Bertz CT molecular complexity index is 1060. The summed E-state index contributed by atoms with van der Waals surface area (Å²) in [5, 5.41) is 16.5. The van der Waals surface area contributed by atoms with E-state index in [-0.39, 0.29) is 11.6 Å². The van der Waals surface area contributed by atoms with Crippen LogP contribution in [0.1, 0.15) is 19.4 Å². The fourth-order valence-corrected chi connectivity index (χ4v) is 3.82. The standard InChI is InChI=1S/C22H22N4O3S/c1-3-25(4-2)22-24-20(15-30-22)17-6-5-7-18(14-17)23-21(27)13-10-16-8-11-19(12-9-16)26(28)29/h5-15H,3-4H2,1-2H3,(H,23,27). The maximum Gasteiger partial charge on any atom is 0.269 e. The number of benzene rings is 2. The summed E-state index contributed by atoms with van der Waals surface area (Å²) in [6.07, 6.45) is 3.01. The van der Waals surface area contributed by atoms with Gasteiger partial charge in [0.25, 0.3) is 5.69 Å². The predicted octanol–water partition coefficient (Wildman–Crippen LogP) is 5.22. The minimum atomic E-state index is -0.458. The van der Waals surface area contributed by atoms with Gasteiger partial charge >= 0.3 is 0 Å². The summed E-state index contributed by atoms with van der Waals surface area (Å²) in [6, 6.07) is 13.5. The van der Waals surface area contributed by atoms with Gasteiger partial charge in [0.15, 0.2) is 5.13 Å². The van der Waals surface area contributed by atoms with Gasteiger partial charge in [-0.15, -0.1) is 11.3 Å². The summed E-state index contributed by atoms with van der Waals surface area (Å²) in [4.78, 5) is 29.4. The summed E-state index contributed by atoms with van der Waals surface area (Å²) in [5.41, 5.74) is 3.19. The maximum atomic E-state index is 12.3. The molecule has 0 spiro atoms. The summed E-state index contributed by atoms with van der Waals surface area (Å²) in [6.45, 7) is 6.01. The molecule has 1 amide bonds. The average Bonchev–Trinajstić information content (AvgIpc) is 3.24. The minimum absolute atomic E-state index is 0.0135. The molecule has 3 rings (SSSR count). The van der Waals surface area contributed by atoms with E-state index in [9.17, 15) is 14.9 Å². The molecule has 0 unspecified atom stereocenters. The zero-order chi connectivity index (χ0) is 21.5. The van der Waals surface area contributed by atoms with Crippen LogP contribution in [0.3, 0.4) is 0 Å². The van der Waals surface area contributed by atoms with Crippen molar-refractivity contribution < 1.29 is 9.72 Å². The molecule has 0 saturated carbocycles. The lowest BCUT2D eigenvalue weighted by molar-refractivity contribution is -0.384. The number of thiazole rings is 1. The van der Waals surface area contributed by atoms with Crippen LogP contribution in [0.5, 0.6) is 0 Å². The number of hydrogen-bond donors (Lipinski definition) is 1. The van der Waals surface area contributed by atoms with Crippen LogP contribution < -0.4 is 10.2 Å². The molecule has 2 aromatic carbocycles. The number of anilines is 2. The Labute approximate surface area is 178 Å². The fraction of sp³-hybridized carbons (Fsp3) is 0.182. The number of aromatic nitrogens is 1. The van der Waals surface area contributed by atoms with Crippen molar-refractivity contribution in [2.45, 2.75) is 13.8 Å². The molecule has 3 aromatic rings. The lowest BCUT2D eigenvalue weighted by Crippen LogP contribution is -2.21. The van der Waals surface area contributed by atoms with E-state index in [4.69, 9.17) is 4.98 Å². The van der Waals surface area contributed by atoms with Gasteiger partial charge in [0.05, 0.1) is 10.6 Å². The zero-order valence-corrected chi connectivity index (χ0v) is 17.6. The van der Waals surface area contributed by atoms with Crippen molar-refractivity contribution in [3.05, 3.63) is 75.7 Å². The molecule has 0 fully saturated rings. The van der Waals surface area contributed by atoms with Crippen LogP contribution in [0.25, 0.3) is 17.3 Å². The highest BCUT2D eigenvalue weighted by Crippen LogP contribution is 2.28. The molecule has 0 aliphatic heterocycles. The molecular formula is C22H22N4O3S. The maximum absolute atomic E-state index is 12.3. The Morgan fingerprint density at radius 2 is 1.93 bits per heavy atom. The quantitative estimate of drug-likeness (QED) is 0.306. The SMILES string of the molecule is CCN(CC)c1nc(-c2cccc(NC(=O)C=Cc3ccc([N+](=O)[O-])cc3)c2)cs1. The van der Waals surface area contributed by atoms with Crippen molar-refractivity contribution in [1.29, 1.82) is 0 Å². The number of carbonyl (C=O) groups excluding carboxylic acids is 1. The van der Waals surface area contributed by atoms with Gasteiger partial charge < -0.3 is 10.2 Å². The Balaban J connectivity index is 1.67. The first kappa shape index (κ1) is 21.2. The first-order valence-corrected chi connectivity index (χ1v) is 10.4. The number of hydrogen-bond acceptors (Lipinski definition) is 6. The van der Waals surface area contributed by atoms with Gasteiger partial charge in [0.1, 0.15) is 0 Å². The van der Waals surface area contributed by atoms with Gasteiger partial charge in [-0.3, -0.25) is 14.9 Å². The first-order chi connectivity index (χ1) is 14.5. The number of carbonyl (C=O) groups is 1. The second-order valence-corrected chi connectivity index (χ2v) is 7.28. The van der Waals surface area contributed by atoms with Gasteiger partial charge in [0.2, 0.25) is 5.91 Å². The number of rotatable bonds is 8. The van der Waals surface area contributed by atoms with E-state index in [0.717, 1.165) is 29.5 Å². The molecule has 0 bridgehead atoms. The van der Waals surface area contributed by atoms with Crippen LogP contribution in [0.2, 0.25) is 0 Å². The van der Waals surface area contributed by atoms with Crippen molar-refractivity contribution in [3.8, 4) is 11.3 Å². The van der Waals surface area contributed by atoms with E-state index in [2.05, 4.69) is 24.1 Å². The van der Waals surface area contributed by atoms with Crippen molar-refractivity contribution >= 4 is 39.8 Å². The lowest BCUT2D eigenvalue weighted by atomic mass is 10.1. The number of amides is 1. The van der Waals surface area contributed by atoms with Gasteiger partial charge in [-0.05, 0) is 49.8 Å². The third-order valence-electron chi connectivity index (χ3n) is 4.48. The Morgan fingerprint density at radius 3 is 2.60 bits per heavy atom. The molecule has 1 heterocycles. The van der Waals surface area contributed by atoms with Crippen molar-refractivity contribution in [2.24, 2.45) is 0 Å². The van der Waals surface area contributed by atoms with E-state index in [1.54, 1.807) is 29.5 Å². The second-order valence-electron chi connectivity index (χ2n) is 6.44. The summed E-state index contributed by atoms with van der Waals surface area (Å²) >= 11 is 1.60. The molecule has 1 N–H and O–H groups in total. The summed E-state index contributed by atoms with van der Waals surface area (Å²) in [5.74, 6) is -0.285. The van der Waals surface area contributed by atoms with E-state index < -0.39 is 4.92 Å². The van der Waals surface area contributed by atoms with E-state index >= 15 is 0 Å². The molecule has 0 saturated heterocycles. The second kappa shape index (κ2) is 9.80. The summed E-state index contributed by atoms with van der Waals surface area (Å²) < 4.78 is 0. The number of nitrogens with one attached hydrogen (secondary N) is 1. The highest BCUT2D eigenvalue weighted by Gasteiger charge is 2.10. The van der Waals surface area contributed by atoms with Crippen LogP contribution in [-0.2, 0) is 4.79 Å². The zero-order valence-electron chi connectivity index (χ0n) is 16.7. The van der Waals surface area contributed by atoms with Gasteiger partial charge in [-0.25, -0.2) is 4.98 Å². The van der Waals surface area contributed by atoms with E-state index in [0.29, 0.717) is 11.3 Å². The average molecular weight is 423 g/mol. The van der Waals surface area contributed by atoms with Crippen LogP contribution in [0.4, 0.5) is 16.5 Å². The number of nitro benzene ring substituents is 1. The molecule has 8 heteroatoms. The molecule has 1 aromatic heterocycles. The predicted molar refractivity (Wildman–Crippen MR) is 122 cm³/mol. The summed E-state index contributed by atoms with van der Waals surface area (Å²) in [7, 11) is 0. The van der Waals surface area contributed by atoms with Crippen LogP contribution in [-0.4, -0.2) is 28.9 Å². The van der Waals surface area contributed by atoms with E-state index in [1.807, 2.05) is 29.6 Å². The first-order valence-electron chi connectivity index (χ1n) is 9.54. The number of non-ortho nitro benzene ring substituents is 1. The minimum Gasteiger partial charge on any atom is -0.349 e. The topological polar surface area (TPSA) is 88.4 Å². The van der Waals surface area contributed by atoms with Crippen LogP contribution >= 0.6 is 11.3 Å². The Kier molecular flexibility index (Phi) is 6.92. The molecule has 7 nitrogen and oxygen atoms in total. The van der Waals surface area contributed by atoms with Crippen molar-refractivity contribution in [1.82, 2.24) is 4.98 Å². The Morgan fingerprint density at radius 1 is 1.20 bits per heavy atom. The molecule has 30 heavy (non-hydrogen) atoms. The lowest BCUT2D eigenvalue weighted by Gasteiger charge is -2.16. The highest BCUT2D eigenvalue weighted by molar-refractivity contribution is 7.14. The Hall–Kier alpha value is -3.52. The molecule has 0 aliphatic rings. The molecule has 0 aliphatic carbocycles. The fourth-order valence-electron chi connectivity index (χ4n) is 2.86. The van der Waals surface area contributed by atoms with Crippen LogP contribution in [0.15, 0.2) is 60.0 Å². The van der Waals surface area contributed by atoms with Gasteiger partial charge in [-0.1, -0.05) is 12.1 Å². The van der Waals surface area contributed by atoms with E-state index in [1.165, 1.54) is 18.2 Å². The largest absolute Gasteiger partial charge is 0.349 e. The molecule has 0 atom stereocenters. The smallest absolute Gasteiger partial charge is 0.269 e. The van der Waals surface area contributed by atoms with Crippen LogP contribution in [0, 0.1) is 10.1 Å². The van der Waals surface area contributed by atoms with Crippen molar-refractivity contribution in [3.63, 3.8) is 0 Å². The van der Waals surface area contributed by atoms with Gasteiger partial charge in [0, 0.05) is 47.9 Å². The molecule has 0 radical (unpaired) electrons. The normalized spacial score (nSPS) is 10.9. The highest BCUT2D eigenvalue weighted by atomic mass is 32.1. The van der Waals surface area contributed by atoms with Crippen molar-refractivity contribution in [2.75, 3.05) is 23.3 Å². The molecule has 154 valence electrons. The number of nitro groups is 1.